The molecule has 0 bridgehead atoms. The van der Waals surface area contributed by atoms with Gasteiger partial charge in [0.1, 0.15) is 12.2 Å². The molecule has 0 rings (SSSR count). The average molecular weight is 747 g/mol. The molecule has 304 valence electrons. The number of rotatable bonds is 39. The van der Waals surface area contributed by atoms with Crippen LogP contribution in [0.25, 0.3) is 0 Å². The van der Waals surface area contributed by atoms with E-state index in [1.165, 1.54) is 89.9 Å². The Bertz CT molecular complexity index is 803. The molecule has 0 saturated carbocycles. The predicted molar refractivity (Wildman–Crippen MR) is 214 cm³/mol. The van der Waals surface area contributed by atoms with Crippen LogP contribution >= 0.6 is 7.60 Å². The number of allylic oxidation sites excluding steroid dienone is 4. The van der Waals surface area contributed by atoms with Gasteiger partial charge in [0.25, 0.3) is 0 Å². The standard InChI is InChI=1S/C42H83O8P/c1-3-5-7-9-11-13-15-17-19-21-23-25-27-29-31-33-35-42(40(46)38-44,50-41(39(45)37-43)51(47,48)49)36-34-32-30-28-26-24-22-20-18-16-14-12-10-8-6-4-2/h17-20,39-41,43-46H,3-16,21-38H2,1-2H3,(H2,47,48,49)/b19-17-,20-18-/t39?,40-,41?/m0/s1. The predicted octanol–water partition coefficient (Wildman–Crippen LogP) is 10.8. The smallest absolute Gasteiger partial charge is 0.356 e. The van der Waals surface area contributed by atoms with Crippen molar-refractivity contribution in [3.63, 3.8) is 0 Å². The summed E-state index contributed by atoms with van der Waals surface area (Å²) in [6.07, 6.45) is 38.9. The van der Waals surface area contributed by atoms with E-state index in [1.54, 1.807) is 0 Å². The first-order valence-corrected chi connectivity index (χ1v) is 23.0. The van der Waals surface area contributed by atoms with E-state index >= 15 is 0 Å². The van der Waals surface area contributed by atoms with Gasteiger partial charge in [-0.1, -0.05) is 167 Å². The third kappa shape index (κ3) is 28.5. The molecule has 51 heavy (non-hydrogen) atoms. The number of aliphatic hydroxyl groups is 4. The zero-order valence-electron chi connectivity index (χ0n) is 33.1. The molecule has 0 aromatic rings. The third-order valence-corrected chi connectivity index (χ3v) is 11.3. The van der Waals surface area contributed by atoms with Crippen LogP contribution in [0.15, 0.2) is 24.3 Å². The Kier molecular flexibility index (Phi) is 34.8. The van der Waals surface area contributed by atoms with Gasteiger partial charge in [-0.2, -0.15) is 0 Å². The fraction of sp³-hybridized carbons (Fsp3) is 0.905. The van der Waals surface area contributed by atoms with Crippen LogP contribution in [0.1, 0.15) is 206 Å². The topological polar surface area (TPSA) is 148 Å². The molecule has 0 aliphatic carbocycles. The Morgan fingerprint density at radius 3 is 1.12 bits per heavy atom. The Labute approximate surface area is 314 Å². The zero-order chi connectivity index (χ0) is 37.9. The lowest BCUT2D eigenvalue weighted by atomic mass is 9.84. The minimum atomic E-state index is -4.98. The van der Waals surface area contributed by atoms with Gasteiger partial charge in [0, 0.05) is 0 Å². The Morgan fingerprint density at radius 1 is 0.510 bits per heavy atom. The van der Waals surface area contributed by atoms with Gasteiger partial charge in [-0.15, -0.1) is 0 Å². The average Bonchev–Trinajstić information content (AvgIpc) is 3.11. The minimum Gasteiger partial charge on any atom is -0.394 e. The molecule has 0 aromatic heterocycles. The molecule has 0 radical (unpaired) electrons. The molecule has 0 heterocycles. The van der Waals surface area contributed by atoms with Crippen LogP contribution < -0.4 is 0 Å². The van der Waals surface area contributed by atoms with Crippen molar-refractivity contribution in [3.8, 4) is 0 Å². The monoisotopic (exact) mass is 747 g/mol. The highest BCUT2D eigenvalue weighted by atomic mass is 31.2. The van der Waals surface area contributed by atoms with E-state index in [0.717, 1.165) is 77.0 Å². The van der Waals surface area contributed by atoms with Crippen LogP contribution in [0, 0.1) is 0 Å². The van der Waals surface area contributed by atoms with Crippen LogP contribution in [0.5, 0.6) is 0 Å². The lowest BCUT2D eigenvalue weighted by molar-refractivity contribution is -0.182. The largest absolute Gasteiger partial charge is 0.394 e. The normalized spacial score (nSPS) is 14.6. The van der Waals surface area contributed by atoms with Crippen LogP contribution in [-0.2, 0) is 9.30 Å². The maximum atomic E-state index is 12.3. The van der Waals surface area contributed by atoms with Crippen molar-refractivity contribution >= 4 is 7.60 Å². The molecule has 0 aliphatic rings. The first-order chi connectivity index (χ1) is 24.7. The van der Waals surface area contributed by atoms with Gasteiger partial charge in [-0.25, -0.2) is 0 Å². The molecule has 3 atom stereocenters. The third-order valence-electron chi connectivity index (χ3n) is 10.2. The molecular formula is C42H83O8P. The van der Waals surface area contributed by atoms with Gasteiger partial charge in [0.15, 0.2) is 5.85 Å². The summed E-state index contributed by atoms with van der Waals surface area (Å²) < 4.78 is 18.3. The van der Waals surface area contributed by atoms with Gasteiger partial charge in [-0.3, -0.25) is 4.57 Å². The van der Waals surface area contributed by atoms with Crippen molar-refractivity contribution in [1.29, 1.82) is 0 Å². The van der Waals surface area contributed by atoms with Crippen LogP contribution in [0.3, 0.4) is 0 Å². The molecule has 0 saturated heterocycles. The van der Waals surface area contributed by atoms with Crippen molar-refractivity contribution in [2.24, 2.45) is 0 Å². The van der Waals surface area contributed by atoms with Gasteiger partial charge in [0.05, 0.1) is 18.8 Å². The Morgan fingerprint density at radius 2 is 0.824 bits per heavy atom. The first-order valence-electron chi connectivity index (χ1n) is 21.3. The summed E-state index contributed by atoms with van der Waals surface area (Å²) in [5, 5.41) is 40.8. The van der Waals surface area contributed by atoms with Crippen LogP contribution in [0.2, 0.25) is 0 Å². The van der Waals surface area contributed by atoms with Gasteiger partial charge < -0.3 is 34.9 Å². The molecular weight excluding hydrogens is 663 g/mol. The van der Waals surface area contributed by atoms with E-state index in [9.17, 15) is 34.8 Å². The fourth-order valence-electron chi connectivity index (χ4n) is 6.87. The molecule has 0 fully saturated rings. The summed E-state index contributed by atoms with van der Waals surface area (Å²) in [7, 11) is -4.98. The quantitative estimate of drug-likeness (QED) is 0.0207. The summed E-state index contributed by atoms with van der Waals surface area (Å²) >= 11 is 0. The number of hydrogen-bond donors (Lipinski definition) is 6. The number of unbranched alkanes of at least 4 members (excludes halogenated alkanes) is 24. The lowest BCUT2D eigenvalue weighted by Gasteiger charge is -2.41. The molecule has 0 spiro atoms. The van der Waals surface area contributed by atoms with Crippen molar-refractivity contribution < 1.29 is 39.5 Å². The van der Waals surface area contributed by atoms with Crippen LogP contribution in [-0.4, -0.2) is 67.1 Å². The minimum absolute atomic E-state index is 0.301. The van der Waals surface area contributed by atoms with E-state index in [0.29, 0.717) is 25.7 Å². The lowest BCUT2D eigenvalue weighted by Crippen LogP contribution is -2.51. The van der Waals surface area contributed by atoms with E-state index in [2.05, 4.69) is 38.2 Å². The number of ether oxygens (including phenoxy) is 1. The molecule has 0 aliphatic heterocycles. The van der Waals surface area contributed by atoms with Crippen molar-refractivity contribution in [2.75, 3.05) is 13.2 Å². The second-order valence-corrected chi connectivity index (χ2v) is 16.7. The fourth-order valence-corrected chi connectivity index (χ4v) is 7.76. The summed E-state index contributed by atoms with van der Waals surface area (Å²) in [4.78, 5) is 20.0. The SMILES string of the molecule is CCCCCCCC/C=C\CCCCCCCCC(CCCCCCCC/C=C\CCCCCCCC)(OC(C(O)CO)P(=O)(O)O)[C@@H](O)CO. The van der Waals surface area contributed by atoms with Crippen LogP contribution in [0.4, 0.5) is 0 Å². The summed E-state index contributed by atoms with van der Waals surface area (Å²) in [6.45, 7) is 2.98. The van der Waals surface area contributed by atoms with Gasteiger partial charge in [0.2, 0.25) is 0 Å². The maximum Gasteiger partial charge on any atom is 0.356 e. The van der Waals surface area contributed by atoms with Crippen molar-refractivity contribution in [2.45, 2.75) is 230 Å². The summed E-state index contributed by atoms with van der Waals surface area (Å²) in [5.74, 6) is -1.98. The van der Waals surface area contributed by atoms with E-state index in [1.807, 2.05) is 0 Å². The van der Waals surface area contributed by atoms with Crippen molar-refractivity contribution in [1.82, 2.24) is 0 Å². The van der Waals surface area contributed by atoms with E-state index in [4.69, 9.17) is 4.74 Å². The number of hydrogen-bond acceptors (Lipinski definition) is 6. The number of aliphatic hydroxyl groups excluding tert-OH is 4. The summed E-state index contributed by atoms with van der Waals surface area (Å²) in [5.41, 5.74) is -1.43. The first kappa shape index (κ1) is 50.4. The molecule has 8 nitrogen and oxygen atoms in total. The molecule has 0 amide bonds. The molecule has 6 N–H and O–H groups in total. The Balaban J connectivity index is 4.72. The summed E-state index contributed by atoms with van der Waals surface area (Å²) in [6, 6.07) is 0. The second-order valence-electron chi connectivity index (χ2n) is 15.0. The van der Waals surface area contributed by atoms with Gasteiger partial charge >= 0.3 is 7.60 Å². The maximum absolute atomic E-state index is 12.3. The highest BCUT2D eigenvalue weighted by Crippen LogP contribution is 2.47. The highest BCUT2D eigenvalue weighted by Gasteiger charge is 2.47. The van der Waals surface area contributed by atoms with Crippen molar-refractivity contribution in [3.05, 3.63) is 24.3 Å². The van der Waals surface area contributed by atoms with Gasteiger partial charge in [-0.05, 0) is 64.2 Å². The Hall–Kier alpha value is -0.570. The molecule has 2 unspecified atom stereocenters. The van der Waals surface area contributed by atoms with E-state index < -0.39 is 44.5 Å². The second kappa shape index (κ2) is 35.2. The highest BCUT2D eigenvalue weighted by molar-refractivity contribution is 7.52. The van der Waals surface area contributed by atoms with E-state index in [-0.39, 0.29) is 0 Å². The molecule has 0 aromatic carbocycles. The molecule has 9 heteroatoms. The zero-order valence-corrected chi connectivity index (χ0v) is 34.0.